The van der Waals surface area contributed by atoms with Crippen molar-refractivity contribution in [2.45, 2.75) is 11.3 Å². The van der Waals surface area contributed by atoms with E-state index in [0.717, 1.165) is 0 Å². The summed E-state index contributed by atoms with van der Waals surface area (Å²) < 4.78 is 29.4. The lowest BCUT2D eigenvalue weighted by Crippen LogP contribution is -2.24. The van der Waals surface area contributed by atoms with Crippen molar-refractivity contribution >= 4 is 38.8 Å². The normalized spacial score (nSPS) is 19.6. The smallest absolute Gasteiger partial charge is 0.186 e. The van der Waals surface area contributed by atoms with Crippen molar-refractivity contribution in [2.24, 2.45) is 5.92 Å². The zero-order valence-electron chi connectivity index (χ0n) is 9.93. The van der Waals surface area contributed by atoms with Crippen LogP contribution in [0.25, 0.3) is 0 Å². The van der Waals surface area contributed by atoms with E-state index in [1.54, 1.807) is 0 Å². The van der Waals surface area contributed by atoms with Gasteiger partial charge in [-0.05, 0) is 24.6 Å². The predicted octanol–water partition coefficient (Wildman–Crippen LogP) is 2.37. The molecule has 7 heteroatoms. The number of halogens is 2. The summed E-state index contributed by atoms with van der Waals surface area (Å²) in [6.45, 7) is 0.784. The molecule has 1 fully saturated rings. The van der Waals surface area contributed by atoms with Gasteiger partial charge in [0.1, 0.15) is 5.75 Å². The van der Waals surface area contributed by atoms with Crippen molar-refractivity contribution in [1.29, 1.82) is 0 Å². The van der Waals surface area contributed by atoms with Crippen LogP contribution in [0, 0.1) is 5.92 Å². The van der Waals surface area contributed by atoms with Gasteiger partial charge in [-0.1, -0.05) is 23.2 Å². The maximum atomic E-state index is 12.2. The van der Waals surface area contributed by atoms with Gasteiger partial charge in [-0.2, -0.15) is 0 Å². The Balaban J connectivity index is 2.22. The van der Waals surface area contributed by atoms with E-state index in [2.05, 4.69) is 0 Å². The maximum absolute atomic E-state index is 12.2. The highest BCUT2D eigenvalue weighted by Crippen LogP contribution is 2.27. The molecule has 0 bridgehead atoms. The monoisotopic (exact) mass is 322 g/mol. The van der Waals surface area contributed by atoms with Gasteiger partial charge in [0, 0.05) is 17.5 Å². The minimum Gasteiger partial charge on any atom is -0.381 e. The lowest BCUT2D eigenvalue weighted by molar-refractivity contribution is -0.120. The number of Topliss-reactive ketones (excluding diaryl/α,β-unsaturated/α-hetero) is 1. The van der Waals surface area contributed by atoms with Crippen LogP contribution in [0.5, 0.6) is 0 Å². The van der Waals surface area contributed by atoms with Crippen molar-refractivity contribution in [2.75, 3.05) is 19.0 Å². The third kappa shape index (κ3) is 3.48. The quantitative estimate of drug-likeness (QED) is 0.853. The zero-order chi connectivity index (χ0) is 14.0. The highest BCUT2D eigenvalue weighted by atomic mass is 35.5. The lowest BCUT2D eigenvalue weighted by atomic mass is 10.1. The van der Waals surface area contributed by atoms with Crippen LogP contribution in [0.2, 0.25) is 10.0 Å². The van der Waals surface area contributed by atoms with Gasteiger partial charge >= 0.3 is 0 Å². The van der Waals surface area contributed by atoms with Crippen molar-refractivity contribution in [3.63, 3.8) is 0 Å². The summed E-state index contributed by atoms with van der Waals surface area (Å²) in [4.78, 5) is 11.8. The van der Waals surface area contributed by atoms with Gasteiger partial charge in [0.15, 0.2) is 15.6 Å². The Labute approximate surface area is 121 Å². The van der Waals surface area contributed by atoms with Gasteiger partial charge in [0.2, 0.25) is 0 Å². The Morgan fingerprint density at radius 1 is 1.37 bits per heavy atom. The molecule has 19 heavy (non-hydrogen) atoms. The Morgan fingerprint density at radius 2 is 2.11 bits per heavy atom. The lowest BCUT2D eigenvalue weighted by Gasteiger charge is -2.09. The van der Waals surface area contributed by atoms with E-state index in [1.807, 2.05) is 0 Å². The number of benzene rings is 1. The molecule has 0 N–H and O–H groups in total. The van der Waals surface area contributed by atoms with Crippen LogP contribution in [0.15, 0.2) is 23.1 Å². The summed E-state index contributed by atoms with van der Waals surface area (Å²) in [5.41, 5.74) is 0. The van der Waals surface area contributed by atoms with Crippen molar-refractivity contribution < 1.29 is 17.9 Å². The fourth-order valence-corrected chi connectivity index (χ4v) is 4.03. The largest absolute Gasteiger partial charge is 0.381 e. The summed E-state index contributed by atoms with van der Waals surface area (Å²) in [7, 11) is -3.77. The zero-order valence-corrected chi connectivity index (χ0v) is 12.3. The first-order chi connectivity index (χ1) is 8.90. The molecule has 0 spiro atoms. The molecule has 0 saturated carbocycles. The van der Waals surface area contributed by atoms with Gasteiger partial charge in [0.05, 0.1) is 16.5 Å². The molecule has 0 radical (unpaired) electrons. The van der Waals surface area contributed by atoms with Crippen LogP contribution in [-0.2, 0) is 19.4 Å². The van der Waals surface area contributed by atoms with E-state index in [1.165, 1.54) is 18.2 Å². The van der Waals surface area contributed by atoms with Gasteiger partial charge in [-0.15, -0.1) is 0 Å². The minimum absolute atomic E-state index is 0.0693. The molecule has 1 heterocycles. The van der Waals surface area contributed by atoms with Crippen LogP contribution >= 0.6 is 23.2 Å². The summed E-state index contributed by atoms with van der Waals surface area (Å²) in [6.07, 6.45) is 0.567. The van der Waals surface area contributed by atoms with E-state index < -0.39 is 15.6 Å². The average Bonchev–Trinajstić information content (AvgIpc) is 2.85. The first kappa shape index (κ1) is 14.8. The van der Waals surface area contributed by atoms with Gasteiger partial charge < -0.3 is 4.74 Å². The Kier molecular flexibility index (Phi) is 4.50. The number of ketones is 1. The van der Waals surface area contributed by atoms with Crippen LogP contribution in [0.1, 0.15) is 6.42 Å². The molecular weight excluding hydrogens is 311 g/mol. The predicted molar refractivity (Wildman–Crippen MR) is 72.4 cm³/mol. The Morgan fingerprint density at radius 3 is 2.74 bits per heavy atom. The van der Waals surface area contributed by atoms with E-state index in [0.29, 0.717) is 13.0 Å². The van der Waals surface area contributed by atoms with Crippen molar-refractivity contribution in [3.05, 3.63) is 28.2 Å². The Hall–Kier alpha value is -0.620. The molecule has 4 nitrogen and oxygen atoms in total. The number of hydrogen-bond donors (Lipinski definition) is 0. The minimum atomic E-state index is -3.77. The topological polar surface area (TPSA) is 60.4 Å². The standard InChI is InChI=1S/C12H12Cl2O4S/c13-9-1-2-10(14)12(5-9)19(16,17)7-11(15)8-3-4-18-6-8/h1-2,5,8H,3-4,6-7H2. The van der Waals surface area contributed by atoms with E-state index in [4.69, 9.17) is 27.9 Å². The highest BCUT2D eigenvalue weighted by Gasteiger charge is 2.29. The number of carbonyl (C=O) groups is 1. The molecule has 0 amide bonds. The molecule has 1 aromatic carbocycles. The molecule has 1 atom stereocenters. The Bertz CT molecular complexity index is 592. The van der Waals surface area contributed by atoms with Gasteiger partial charge in [0.25, 0.3) is 0 Å². The average molecular weight is 323 g/mol. The molecule has 1 aliphatic heterocycles. The number of hydrogen-bond acceptors (Lipinski definition) is 4. The SMILES string of the molecule is O=C(CS(=O)(=O)c1cc(Cl)ccc1Cl)C1CCOC1. The van der Waals surface area contributed by atoms with Crippen molar-refractivity contribution in [3.8, 4) is 0 Å². The van der Waals surface area contributed by atoms with Crippen LogP contribution in [-0.4, -0.2) is 33.2 Å². The molecular formula is C12H12Cl2O4S. The second-order valence-corrected chi connectivity index (χ2v) is 7.16. The molecule has 0 aromatic heterocycles. The molecule has 1 saturated heterocycles. The molecule has 1 aromatic rings. The second-order valence-electron chi connectivity index (χ2n) is 4.36. The number of rotatable bonds is 4. The highest BCUT2D eigenvalue weighted by molar-refractivity contribution is 7.92. The number of ether oxygens (including phenoxy) is 1. The van der Waals surface area contributed by atoms with Gasteiger partial charge in [-0.3, -0.25) is 4.79 Å². The fraction of sp³-hybridized carbons (Fsp3) is 0.417. The number of sulfone groups is 1. The molecule has 0 aliphatic carbocycles. The third-order valence-corrected chi connectivity index (χ3v) is 5.29. The van der Waals surface area contributed by atoms with Crippen molar-refractivity contribution in [1.82, 2.24) is 0 Å². The maximum Gasteiger partial charge on any atom is 0.186 e. The third-order valence-electron chi connectivity index (χ3n) is 2.95. The summed E-state index contributed by atoms with van der Waals surface area (Å²) in [6, 6.07) is 4.16. The van der Waals surface area contributed by atoms with Crippen LogP contribution in [0.3, 0.4) is 0 Å². The molecule has 104 valence electrons. The summed E-state index contributed by atoms with van der Waals surface area (Å²) in [5, 5.41) is 0.333. The fourth-order valence-electron chi connectivity index (χ4n) is 1.89. The van der Waals surface area contributed by atoms with E-state index in [-0.39, 0.29) is 33.2 Å². The first-order valence-corrected chi connectivity index (χ1v) is 8.09. The molecule has 1 unspecified atom stereocenters. The summed E-state index contributed by atoms with van der Waals surface area (Å²) in [5.74, 6) is -1.25. The summed E-state index contributed by atoms with van der Waals surface area (Å²) >= 11 is 11.6. The van der Waals surface area contributed by atoms with Crippen LogP contribution in [0.4, 0.5) is 0 Å². The first-order valence-electron chi connectivity index (χ1n) is 5.68. The number of carbonyl (C=O) groups excluding carboxylic acids is 1. The second kappa shape index (κ2) is 5.79. The molecule has 2 rings (SSSR count). The van der Waals surface area contributed by atoms with Gasteiger partial charge in [-0.25, -0.2) is 8.42 Å². The van der Waals surface area contributed by atoms with E-state index >= 15 is 0 Å². The molecule has 1 aliphatic rings. The van der Waals surface area contributed by atoms with E-state index in [9.17, 15) is 13.2 Å². The van der Waals surface area contributed by atoms with Crippen LogP contribution < -0.4 is 0 Å².